The van der Waals surface area contributed by atoms with Crippen molar-refractivity contribution >= 4 is 11.6 Å². The van der Waals surface area contributed by atoms with Gasteiger partial charge >= 0.3 is 6.18 Å². The van der Waals surface area contributed by atoms with Gasteiger partial charge in [-0.15, -0.1) is 0 Å². The van der Waals surface area contributed by atoms with Crippen LogP contribution in [0.1, 0.15) is 54.6 Å². The number of rotatable bonds is 5. The minimum absolute atomic E-state index is 0.114. The van der Waals surface area contributed by atoms with Gasteiger partial charge in [-0.1, -0.05) is 0 Å². The molecular formula is C25H30F4N8. The highest BCUT2D eigenvalue weighted by Gasteiger charge is 2.35. The van der Waals surface area contributed by atoms with Crippen molar-refractivity contribution in [1.82, 2.24) is 24.8 Å². The average Bonchev–Trinajstić information content (AvgIpc) is 3.34. The van der Waals surface area contributed by atoms with E-state index in [1.54, 1.807) is 0 Å². The summed E-state index contributed by atoms with van der Waals surface area (Å²) in [4.78, 5) is 15.4. The number of hydrogen-bond acceptors (Lipinski definition) is 7. The van der Waals surface area contributed by atoms with E-state index in [-0.39, 0.29) is 24.1 Å². The first-order chi connectivity index (χ1) is 17.8. The topological polar surface area (TPSA) is 111 Å². The predicted molar refractivity (Wildman–Crippen MR) is 132 cm³/mol. The molecule has 5 N–H and O–H groups in total. The zero-order valence-electron chi connectivity index (χ0n) is 20.3. The molecule has 2 aliphatic heterocycles. The number of anilines is 2. The molecule has 3 aromatic rings. The van der Waals surface area contributed by atoms with E-state index >= 15 is 0 Å². The lowest BCUT2D eigenvalue weighted by Crippen LogP contribution is -2.36. The average molecular weight is 519 g/mol. The van der Waals surface area contributed by atoms with Crippen molar-refractivity contribution in [1.29, 1.82) is 0 Å². The Bertz CT molecular complexity index is 1240. The Labute approximate surface area is 212 Å². The third-order valence-electron chi connectivity index (χ3n) is 7.35. The second-order valence-electron chi connectivity index (χ2n) is 9.59. The van der Waals surface area contributed by atoms with Crippen LogP contribution in [0, 0.1) is 5.82 Å². The molecule has 37 heavy (non-hydrogen) atoms. The summed E-state index contributed by atoms with van der Waals surface area (Å²) in [6, 6.07) is 3.27. The van der Waals surface area contributed by atoms with Crippen LogP contribution in [0.25, 0.3) is 11.3 Å². The van der Waals surface area contributed by atoms with Gasteiger partial charge in [0.25, 0.3) is 0 Å². The van der Waals surface area contributed by atoms with Gasteiger partial charge < -0.3 is 26.3 Å². The number of hydrogen-bond donors (Lipinski definition) is 3. The van der Waals surface area contributed by atoms with E-state index < -0.39 is 17.6 Å². The standard InChI is InChI=1S/C25H30F4N8/c26-20-2-1-16(11-19(20)25(27,28)29)21-13-37(17-3-7-32-8-4-17)23(35-21)15-5-9-36(10-6-15)24-18(12-30)22(31)33-14-34-24/h1-2,11,13-15,17,32H,3-10,12,30H2,(H2,31,33,34). The van der Waals surface area contributed by atoms with Gasteiger partial charge in [0.05, 0.1) is 16.8 Å². The van der Waals surface area contributed by atoms with Gasteiger partial charge in [-0.05, 0) is 57.0 Å². The molecule has 0 atom stereocenters. The minimum Gasteiger partial charge on any atom is -0.383 e. The monoisotopic (exact) mass is 518 g/mol. The van der Waals surface area contributed by atoms with Gasteiger partial charge in [-0.3, -0.25) is 0 Å². The van der Waals surface area contributed by atoms with Crippen LogP contribution in [-0.2, 0) is 12.7 Å². The van der Waals surface area contributed by atoms with Crippen LogP contribution >= 0.6 is 0 Å². The molecule has 198 valence electrons. The molecule has 4 heterocycles. The third kappa shape index (κ3) is 5.12. The van der Waals surface area contributed by atoms with Crippen LogP contribution in [-0.4, -0.2) is 45.7 Å². The van der Waals surface area contributed by atoms with Crippen molar-refractivity contribution in [3.63, 3.8) is 0 Å². The van der Waals surface area contributed by atoms with Crippen LogP contribution < -0.4 is 21.7 Å². The van der Waals surface area contributed by atoms with Crippen LogP contribution in [0.2, 0.25) is 0 Å². The minimum atomic E-state index is -4.78. The molecule has 0 spiro atoms. The number of nitrogens with two attached hydrogens (primary N) is 2. The van der Waals surface area contributed by atoms with E-state index in [4.69, 9.17) is 16.5 Å². The molecule has 5 rings (SSSR count). The molecule has 8 nitrogen and oxygen atoms in total. The number of nitrogen functional groups attached to an aromatic ring is 1. The number of aromatic nitrogens is 4. The van der Waals surface area contributed by atoms with Crippen molar-refractivity contribution < 1.29 is 17.6 Å². The highest BCUT2D eigenvalue weighted by Crippen LogP contribution is 2.38. The van der Waals surface area contributed by atoms with Gasteiger partial charge in [-0.25, -0.2) is 19.3 Å². The number of imidazole rings is 1. The zero-order chi connectivity index (χ0) is 26.2. The second-order valence-corrected chi connectivity index (χ2v) is 9.59. The molecule has 2 aromatic heterocycles. The van der Waals surface area contributed by atoms with Crippen molar-refractivity contribution in [2.45, 2.75) is 50.4 Å². The molecule has 12 heteroatoms. The molecular weight excluding hydrogens is 488 g/mol. The summed E-state index contributed by atoms with van der Waals surface area (Å²) in [6.07, 6.45) is 1.86. The number of halogens is 4. The lowest BCUT2D eigenvalue weighted by atomic mass is 9.94. The number of nitrogens with zero attached hydrogens (tertiary/aromatic N) is 5. The summed E-state index contributed by atoms with van der Waals surface area (Å²) >= 11 is 0. The van der Waals surface area contributed by atoms with E-state index in [1.165, 1.54) is 12.4 Å². The lowest BCUT2D eigenvalue weighted by molar-refractivity contribution is -0.139. The van der Waals surface area contributed by atoms with Gasteiger partial charge in [0, 0.05) is 43.4 Å². The molecule has 2 saturated heterocycles. The van der Waals surface area contributed by atoms with Crippen LogP contribution in [0.3, 0.4) is 0 Å². The fourth-order valence-electron chi connectivity index (χ4n) is 5.36. The number of nitrogens with one attached hydrogen (secondary N) is 1. The first-order valence-corrected chi connectivity index (χ1v) is 12.5. The van der Waals surface area contributed by atoms with E-state index in [9.17, 15) is 17.6 Å². The smallest absolute Gasteiger partial charge is 0.383 e. The molecule has 0 amide bonds. The van der Waals surface area contributed by atoms with Gasteiger partial charge in [0.2, 0.25) is 0 Å². The number of alkyl halides is 3. The number of benzene rings is 1. The third-order valence-corrected chi connectivity index (χ3v) is 7.35. The quantitative estimate of drug-likeness (QED) is 0.440. The Morgan fingerprint density at radius 1 is 1.05 bits per heavy atom. The Hall–Kier alpha value is -3.25. The maximum absolute atomic E-state index is 13.9. The van der Waals surface area contributed by atoms with Crippen LogP contribution in [0.15, 0.2) is 30.7 Å². The van der Waals surface area contributed by atoms with Crippen LogP contribution in [0.5, 0.6) is 0 Å². The van der Waals surface area contributed by atoms with E-state index in [2.05, 4.69) is 24.8 Å². The fraction of sp³-hybridized carbons (Fsp3) is 0.480. The molecule has 0 radical (unpaired) electrons. The summed E-state index contributed by atoms with van der Waals surface area (Å²) in [5.74, 6) is 0.799. The van der Waals surface area contributed by atoms with Gasteiger partial charge in [0.15, 0.2) is 0 Å². The lowest BCUT2D eigenvalue weighted by Gasteiger charge is -2.35. The van der Waals surface area contributed by atoms with E-state index in [1.807, 2.05) is 6.20 Å². The molecule has 2 fully saturated rings. The molecule has 0 saturated carbocycles. The van der Waals surface area contributed by atoms with Crippen molar-refractivity contribution in [3.8, 4) is 11.3 Å². The van der Waals surface area contributed by atoms with Crippen molar-refractivity contribution in [2.75, 3.05) is 36.8 Å². The Kier molecular flexibility index (Phi) is 7.04. The summed E-state index contributed by atoms with van der Waals surface area (Å²) in [7, 11) is 0. The van der Waals surface area contributed by atoms with Crippen molar-refractivity contribution in [2.24, 2.45) is 5.73 Å². The van der Waals surface area contributed by atoms with E-state index in [0.29, 0.717) is 24.6 Å². The Morgan fingerprint density at radius 2 is 1.78 bits per heavy atom. The maximum Gasteiger partial charge on any atom is 0.419 e. The Balaban J connectivity index is 1.45. The van der Waals surface area contributed by atoms with E-state index in [0.717, 1.165) is 68.1 Å². The summed E-state index contributed by atoms with van der Waals surface area (Å²) < 4.78 is 56.2. The SMILES string of the molecule is NCc1c(N)ncnc1N1CCC(c2nc(-c3ccc(F)c(C(F)(F)F)c3)cn2C2CCNCC2)CC1. The summed E-state index contributed by atoms with van der Waals surface area (Å²) in [5.41, 5.74) is 12.0. The molecule has 0 aliphatic carbocycles. The molecule has 0 bridgehead atoms. The highest BCUT2D eigenvalue weighted by atomic mass is 19.4. The first kappa shape index (κ1) is 25.4. The molecule has 2 aliphatic rings. The highest BCUT2D eigenvalue weighted by molar-refractivity contribution is 5.61. The fourth-order valence-corrected chi connectivity index (χ4v) is 5.36. The van der Waals surface area contributed by atoms with Crippen molar-refractivity contribution in [3.05, 3.63) is 53.5 Å². The van der Waals surface area contributed by atoms with Gasteiger partial charge in [-0.2, -0.15) is 13.2 Å². The maximum atomic E-state index is 13.9. The predicted octanol–water partition coefficient (Wildman–Crippen LogP) is 3.85. The molecule has 1 aromatic carbocycles. The van der Waals surface area contributed by atoms with Crippen LogP contribution in [0.4, 0.5) is 29.2 Å². The normalized spacial score (nSPS) is 17.9. The number of piperidine rings is 2. The van der Waals surface area contributed by atoms with Gasteiger partial charge in [0.1, 0.15) is 29.6 Å². The zero-order valence-corrected chi connectivity index (χ0v) is 20.3. The summed E-state index contributed by atoms with van der Waals surface area (Å²) in [5, 5.41) is 3.35. The summed E-state index contributed by atoms with van der Waals surface area (Å²) in [6.45, 7) is 3.38. The largest absolute Gasteiger partial charge is 0.419 e. The first-order valence-electron chi connectivity index (χ1n) is 12.5. The second kappa shape index (κ2) is 10.3. The Morgan fingerprint density at radius 3 is 2.46 bits per heavy atom. The molecule has 0 unspecified atom stereocenters.